The van der Waals surface area contributed by atoms with Crippen LogP contribution >= 0.6 is 0 Å². The number of amides is 4. The van der Waals surface area contributed by atoms with E-state index >= 15 is 0 Å². The number of hydrogen-bond donors (Lipinski definition) is 0. The third-order valence-electron chi connectivity index (χ3n) is 18.3. The number of nitrogens with zero attached hydrogens (tertiary/aromatic N) is 8. The lowest BCUT2D eigenvalue weighted by Gasteiger charge is -2.32. The number of hydrogen-bond acceptors (Lipinski definition) is 14. The summed E-state index contributed by atoms with van der Waals surface area (Å²) in [7, 11) is 2.71. The summed E-state index contributed by atoms with van der Waals surface area (Å²) in [5.74, 6) is -0.0319. The standard InChI is InChI=1S/C42H60BF3N4O7Si.C42H53F3N4O5Si/c1-39(2,3)55-38(52)49(20-13-14-36(51)48(8)9)22-23-54-35-18-16-32(28-47-35)37(33(27-42(44,45)46)43-56-40(4,5)41(6,7)57-43)31-15-17-34-30(26-31)19-21-50(34)29-53-24-25-58(10,11)12;1-41(2,3)54-40(51)48(21-12-15-38(50)47(4)5)23-24-53-37-19-17-34(29-46-37)39(35(28-42(43,44)45)31-13-10-9-11-14-31)33-16-18-36-32(27-33)20-22-49(36)30-52-25-26-55(6,7)8/h13-19,21,26,28H,20,22-25,27,29H2,1-12H3;9-20,22,27,29H,21,23-26,28,30H2,1-8H3/b14-13+,37-33-;15-12+,39-35-. The number of benzene rings is 3. The molecule has 3 aromatic carbocycles. The summed E-state index contributed by atoms with van der Waals surface area (Å²) < 4.78 is 138. The van der Waals surface area contributed by atoms with Crippen molar-refractivity contribution < 1.29 is 83.3 Å². The molecular weight excluding hydrogens is 1490 g/mol. The zero-order chi connectivity index (χ0) is 83.7. The van der Waals surface area contributed by atoms with Crippen LogP contribution in [0, 0.1) is 0 Å². The van der Waals surface area contributed by atoms with Gasteiger partial charge in [-0.1, -0.05) is 93.9 Å². The Morgan fingerprint density at radius 2 is 0.912 bits per heavy atom. The lowest BCUT2D eigenvalue weighted by atomic mass is 9.70. The molecule has 20 nitrogen and oxygen atoms in total. The molecule has 7 aromatic rings. The van der Waals surface area contributed by atoms with E-state index in [2.05, 4.69) is 49.3 Å². The molecule has 1 saturated heterocycles. The SMILES string of the molecule is CN(C)C(=O)/C=C/CN(CCOc1ccc(/C(=C(/CC(F)(F)F)B2OC(C)(C)C(C)(C)O2)c2ccc3c(ccn3COCC[Si](C)(C)C)c2)cn1)C(=O)OC(C)(C)C.CN(C)C(=O)/C=C/CN(CCOc1ccc(/C(=C(/CC(F)(F)F)c2ccccc2)c2ccc3c(ccn3COCC[Si](C)(C)C)c2)cn1)C(=O)OC(C)(C)C. The molecule has 113 heavy (non-hydrogen) atoms. The van der Waals surface area contributed by atoms with E-state index in [0.717, 1.165) is 33.9 Å². The van der Waals surface area contributed by atoms with Gasteiger partial charge in [-0.15, -0.1) is 0 Å². The maximum absolute atomic E-state index is 14.5. The van der Waals surface area contributed by atoms with Crippen molar-refractivity contribution in [1.82, 2.24) is 38.7 Å². The van der Waals surface area contributed by atoms with Gasteiger partial charge < -0.3 is 66.5 Å². The minimum atomic E-state index is -4.59. The lowest BCUT2D eigenvalue weighted by molar-refractivity contribution is -0.126. The molecule has 0 unspecified atom stereocenters. The smallest absolute Gasteiger partial charge is 0.476 e. The summed E-state index contributed by atoms with van der Waals surface area (Å²) in [6.45, 7) is 34.1. The molecule has 1 fully saturated rings. The van der Waals surface area contributed by atoms with Crippen LogP contribution in [0.3, 0.4) is 0 Å². The molecule has 0 bridgehead atoms. The molecule has 614 valence electrons. The second-order valence-corrected chi connectivity index (χ2v) is 44.9. The van der Waals surface area contributed by atoms with Gasteiger partial charge in [0.2, 0.25) is 23.6 Å². The molecular formula is C84H113BF6N8O12Si2. The van der Waals surface area contributed by atoms with Gasteiger partial charge in [-0.3, -0.25) is 9.59 Å². The van der Waals surface area contributed by atoms with E-state index in [-0.39, 0.29) is 79.6 Å². The molecule has 0 atom stereocenters. The van der Waals surface area contributed by atoms with Crippen LogP contribution in [0.2, 0.25) is 51.4 Å². The fraction of sp³-hybridized carbons (Fsp3) is 0.476. The first-order valence-electron chi connectivity index (χ1n) is 37.8. The highest BCUT2D eigenvalue weighted by Gasteiger charge is 2.54. The number of allylic oxidation sites excluding steroid dienone is 2. The molecule has 0 spiro atoms. The Balaban J connectivity index is 0.000000314. The number of ether oxygens (including phenoxy) is 6. The third-order valence-corrected chi connectivity index (χ3v) is 21.7. The number of aromatic nitrogens is 4. The summed E-state index contributed by atoms with van der Waals surface area (Å²) in [5.41, 5.74) is 1.73. The quantitative estimate of drug-likeness (QED) is 0.0127. The van der Waals surface area contributed by atoms with Gasteiger partial charge in [-0.25, -0.2) is 19.6 Å². The van der Waals surface area contributed by atoms with Crippen molar-refractivity contribution in [3.8, 4) is 11.8 Å². The van der Waals surface area contributed by atoms with Crippen LogP contribution in [0.15, 0.2) is 158 Å². The van der Waals surface area contributed by atoms with Gasteiger partial charge in [0.1, 0.15) is 37.9 Å². The Labute approximate surface area is 664 Å². The second-order valence-electron chi connectivity index (χ2n) is 33.7. The van der Waals surface area contributed by atoms with Crippen LogP contribution in [-0.4, -0.2) is 202 Å². The molecule has 4 aromatic heterocycles. The summed E-state index contributed by atoms with van der Waals surface area (Å²) in [6.07, 6.45) is 0.0547. The number of rotatable bonds is 32. The summed E-state index contributed by atoms with van der Waals surface area (Å²) in [4.78, 5) is 64.6. The van der Waals surface area contributed by atoms with E-state index < -0.39 is 83.1 Å². The van der Waals surface area contributed by atoms with Crippen molar-refractivity contribution in [1.29, 1.82) is 0 Å². The number of carbonyl (C=O) groups excluding carboxylic acids is 4. The van der Waals surface area contributed by atoms with E-state index in [1.807, 2.05) is 64.0 Å². The van der Waals surface area contributed by atoms with Crippen molar-refractivity contribution in [2.24, 2.45) is 0 Å². The van der Waals surface area contributed by atoms with Crippen molar-refractivity contribution >= 4 is 85.8 Å². The van der Waals surface area contributed by atoms with Crippen LogP contribution in [-0.2, 0) is 51.3 Å². The number of halogens is 6. The van der Waals surface area contributed by atoms with Gasteiger partial charge in [-0.05, 0) is 169 Å². The van der Waals surface area contributed by atoms with Crippen molar-refractivity contribution in [3.05, 3.63) is 186 Å². The van der Waals surface area contributed by atoms with Crippen LogP contribution in [0.25, 0.3) is 38.5 Å². The number of pyridine rings is 2. The number of likely N-dealkylation sites (N-methyl/N-ethyl adjacent to an activating group) is 2. The van der Waals surface area contributed by atoms with E-state index in [4.69, 9.17) is 37.7 Å². The highest BCUT2D eigenvalue weighted by atomic mass is 28.3. The van der Waals surface area contributed by atoms with Crippen molar-refractivity contribution in [3.63, 3.8) is 0 Å². The van der Waals surface area contributed by atoms with Gasteiger partial charge in [0, 0.05) is 142 Å². The zero-order valence-corrected chi connectivity index (χ0v) is 71.2. The molecule has 1 aliphatic heterocycles. The monoisotopic (exact) mass is 1610 g/mol. The minimum Gasteiger partial charge on any atom is -0.476 e. The number of alkyl halides is 6. The van der Waals surface area contributed by atoms with Crippen LogP contribution in [0.1, 0.15) is 110 Å². The van der Waals surface area contributed by atoms with Gasteiger partial charge in [0.05, 0.1) is 48.2 Å². The minimum absolute atomic E-state index is 0.0203. The summed E-state index contributed by atoms with van der Waals surface area (Å²) in [6, 6.07) is 32.2. The van der Waals surface area contributed by atoms with Gasteiger partial charge >= 0.3 is 31.7 Å². The Bertz CT molecular complexity index is 4440. The number of fused-ring (bicyclic) bond motifs is 2. The molecule has 0 radical (unpaired) electrons. The van der Waals surface area contributed by atoms with Crippen LogP contribution < -0.4 is 9.47 Å². The molecule has 8 rings (SSSR count). The molecule has 29 heteroatoms. The molecule has 1 aliphatic rings. The normalized spacial score (nSPS) is 14.5. The maximum atomic E-state index is 14.5. The van der Waals surface area contributed by atoms with E-state index in [1.54, 1.807) is 170 Å². The van der Waals surface area contributed by atoms with Crippen molar-refractivity contribution in [2.75, 3.05) is 80.8 Å². The first kappa shape index (κ1) is 91.2. The Morgan fingerprint density at radius 1 is 0.513 bits per heavy atom. The largest absolute Gasteiger partial charge is 0.491 e. The maximum Gasteiger partial charge on any atom is 0.491 e. The van der Waals surface area contributed by atoms with Gasteiger partial charge in [0.15, 0.2) is 0 Å². The predicted octanol–water partition coefficient (Wildman–Crippen LogP) is 18.5. The highest BCUT2D eigenvalue weighted by molar-refractivity contribution is 6.76. The first-order chi connectivity index (χ1) is 52.5. The number of carbonyl (C=O) groups is 4. The summed E-state index contributed by atoms with van der Waals surface area (Å²) >= 11 is 0. The van der Waals surface area contributed by atoms with Gasteiger partial charge in [0.25, 0.3) is 0 Å². The van der Waals surface area contributed by atoms with E-state index in [1.165, 1.54) is 44.1 Å². The van der Waals surface area contributed by atoms with E-state index in [9.17, 15) is 45.5 Å². The summed E-state index contributed by atoms with van der Waals surface area (Å²) in [5, 5.41) is 1.69. The Morgan fingerprint density at radius 3 is 1.28 bits per heavy atom. The van der Waals surface area contributed by atoms with E-state index in [0.29, 0.717) is 60.1 Å². The first-order valence-corrected chi connectivity index (χ1v) is 45.2. The zero-order valence-electron chi connectivity index (χ0n) is 69.2. The molecule has 0 aliphatic carbocycles. The van der Waals surface area contributed by atoms with Crippen molar-refractivity contribution in [2.45, 2.75) is 182 Å². The molecule has 5 heterocycles. The topological polar surface area (TPSA) is 191 Å². The molecule has 0 saturated carbocycles. The van der Waals surface area contributed by atoms with Gasteiger partial charge in [-0.2, -0.15) is 26.3 Å². The fourth-order valence-electron chi connectivity index (χ4n) is 11.5. The Kier molecular flexibility index (Phi) is 31.4. The van der Waals surface area contributed by atoms with Crippen LogP contribution in [0.4, 0.5) is 35.9 Å². The lowest BCUT2D eigenvalue weighted by Crippen LogP contribution is -2.41. The second kappa shape index (κ2) is 38.9. The van der Waals surface area contributed by atoms with Crippen LogP contribution in [0.5, 0.6) is 11.8 Å². The highest BCUT2D eigenvalue weighted by Crippen LogP contribution is 2.45. The fourth-order valence-corrected chi connectivity index (χ4v) is 13.0. The average molecular weight is 1610 g/mol. The predicted molar refractivity (Wildman–Crippen MR) is 439 cm³/mol. The molecule has 4 amide bonds. The Hall–Kier alpha value is -9.00. The third kappa shape index (κ3) is 29.1. The molecule has 0 N–H and O–H groups in total. The average Bonchev–Trinajstić information content (AvgIpc) is 1.59.